The summed E-state index contributed by atoms with van der Waals surface area (Å²) in [5, 5.41) is 2.96. The van der Waals surface area contributed by atoms with Crippen LogP contribution in [0.5, 0.6) is 5.88 Å². The molecule has 1 amide bonds. The molecule has 0 bridgehead atoms. The van der Waals surface area contributed by atoms with E-state index >= 15 is 4.39 Å². The average molecular weight is 513 g/mol. The summed E-state index contributed by atoms with van der Waals surface area (Å²) in [4.78, 5) is 22.7. The topological polar surface area (TPSA) is 80.5 Å². The average Bonchev–Trinajstić information content (AvgIpc) is 3.11. The molecular weight excluding hydrogens is 480 g/mol. The number of nitrogens with one attached hydrogen (secondary N) is 1. The number of amides is 1. The van der Waals surface area contributed by atoms with Crippen molar-refractivity contribution < 1.29 is 31.5 Å². The van der Waals surface area contributed by atoms with Crippen LogP contribution in [-0.2, 0) is 24.1 Å². The number of carbonyl (C=O) groups is 1. The Bertz CT molecular complexity index is 1030. The van der Waals surface area contributed by atoms with E-state index in [0.29, 0.717) is 69.7 Å². The van der Waals surface area contributed by atoms with Gasteiger partial charge in [-0.05, 0) is 51.0 Å². The molecule has 2 aromatic rings. The number of aryl methyl sites for hydroxylation is 1. The zero-order chi connectivity index (χ0) is 25.8. The highest BCUT2D eigenvalue weighted by molar-refractivity contribution is 5.77. The number of pyridine rings is 1. The van der Waals surface area contributed by atoms with Gasteiger partial charge in [-0.25, -0.2) is 14.4 Å². The fourth-order valence-electron chi connectivity index (χ4n) is 4.86. The fraction of sp³-hybridized carbons (Fsp3) is 0.640. The van der Waals surface area contributed by atoms with E-state index in [1.165, 1.54) is 6.07 Å². The number of halogens is 4. The Balaban J connectivity index is 1.19. The molecule has 0 unspecified atom stereocenters. The van der Waals surface area contributed by atoms with Crippen molar-refractivity contribution in [3.05, 3.63) is 41.2 Å². The number of hydrogen-bond acceptors (Lipinski definition) is 6. The number of oxazole rings is 1. The zero-order valence-electron chi connectivity index (χ0n) is 20.4. The van der Waals surface area contributed by atoms with Gasteiger partial charge in [0.25, 0.3) is 0 Å². The molecule has 0 aromatic carbocycles. The second-order valence-corrected chi connectivity index (χ2v) is 9.78. The first-order valence-electron chi connectivity index (χ1n) is 12.4. The minimum absolute atomic E-state index is 0.0263. The maximum atomic E-state index is 15.5. The number of aromatic nitrogens is 2. The summed E-state index contributed by atoms with van der Waals surface area (Å²) >= 11 is 0. The molecule has 1 fully saturated rings. The van der Waals surface area contributed by atoms with Gasteiger partial charge < -0.3 is 19.4 Å². The zero-order valence-corrected chi connectivity index (χ0v) is 20.4. The van der Waals surface area contributed by atoms with Gasteiger partial charge in [0.15, 0.2) is 6.61 Å². The van der Waals surface area contributed by atoms with E-state index < -0.39 is 18.5 Å². The van der Waals surface area contributed by atoms with Crippen LogP contribution < -0.4 is 10.1 Å². The molecule has 0 saturated heterocycles. The standard InChI is InChI=1S/C25H32F4N4O3/c1-17-15-30-23(36-17)14-21(34)31-19-4-8-24(26,9-5-19)10-13-33-11-6-18-2-3-22(32-20(18)7-12-33)35-16-25(27,28)29/h2-3,15,19H,4-14,16H2,1H3,(H,31,34)/t19-,24+. The molecule has 3 heterocycles. The predicted molar refractivity (Wildman–Crippen MR) is 123 cm³/mol. The van der Waals surface area contributed by atoms with Crippen molar-refractivity contribution in [2.45, 2.75) is 76.2 Å². The number of nitrogens with zero attached hydrogens (tertiary/aromatic N) is 3. The Morgan fingerprint density at radius 1 is 1.25 bits per heavy atom. The quantitative estimate of drug-likeness (QED) is 0.536. The van der Waals surface area contributed by atoms with E-state index in [1.54, 1.807) is 19.2 Å². The Labute approximate surface area is 207 Å². The molecular formula is C25H32F4N4O3. The van der Waals surface area contributed by atoms with Crippen LogP contribution in [0.25, 0.3) is 0 Å². The largest absolute Gasteiger partial charge is 0.468 e. The Hall–Kier alpha value is -2.69. The first-order chi connectivity index (χ1) is 17.1. The molecule has 11 heteroatoms. The van der Waals surface area contributed by atoms with Crippen LogP contribution in [0.3, 0.4) is 0 Å². The molecule has 36 heavy (non-hydrogen) atoms. The second-order valence-electron chi connectivity index (χ2n) is 9.78. The van der Waals surface area contributed by atoms with Gasteiger partial charge in [-0.3, -0.25) is 4.79 Å². The molecule has 2 aromatic heterocycles. The third-order valence-corrected chi connectivity index (χ3v) is 6.89. The molecule has 1 N–H and O–H groups in total. The van der Waals surface area contributed by atoms with Crippen LogP contribution in [0, 0.1) is 6.92 Å². The Morgan fingerprint density at radius 3 is 2.69 bits per heavy atom. The number of alkyl halides is 4. The third-order valence-electron chi connectivity index (χ3n) is 6.89. The van der Waals surface area contributed by atoms with Gasteiger partial charge in [-0.15, -0.1) is 0 Å². The lowest BCUT2D eigenvalue weighted by atomic mass is 9.81. The maximum Gasteiger partial charge on any atom is 0.422 e. The molecule has 7 nitrogen and oxygen atoms in total. The smallest absolute Gasteiger partial charge is 0.422 e. The normalized spacial score (nSPS) is 23.1. The maximum absolute atomic E-state index is 15.5. The van der Waals surface area contributed by atoms with Crippen LogP contribution in [0.15, 0.2) is 22.7 Å². The van der Waals surface area contributed by atoms with Crippen LogP contribution >= 0.6 is 0 Å². The van der Waals surface area contributed by atoms with E-state index in [4.69, 9.17) is 9.15 Å². The highest BCUT2D eigenvalue weighted by atomic mass is 19.4. The molecule has 1 saturated carbocycles. The lowest BCUT2D eigenvalue weighted by molar-refractivity contribution is -0.154. The molecule has 0 radical (unpaired) electrons. The summed E-state index contributed by atoms with van der Waals surface area (Å²) in [6.45, 7) is 2.41. The molecule has 0 atom stereocenters. The summed E-state index contributed by atoms with van der Waals surface area (Å²) in [5.74, 6) is 0.835. The van der Waals surface area contributed by atoms with Crippen LogP contribution in [0.2, 0.25) is 0 Å². The molecule has 2 aliphatic rings. The van der Waals surface area contributed by atoms with Crippen LogP contribution in [0.1, 0.15) is 55.0 Å². The van der Waals surface area contributed by atoms with E-state index in [1.807, 2.05) is 0 Å². The molecule has 4 rings (SSSR count). The minimum atomic E-state index is -4.41. The van der Waals surface area contributed by atoms with Crippen molar-refractivity contribution in [3.8, 4) is 5.88 Å². The van der Waals surface area contributed by atoms with Gasteiger partial charge in [0.2, 0.25) is 17.7 Å². The monoisotopic (exact) mass is 512 g/mol. The van der Waals surface area contributed by atoms with Crippen LogP contribution in [0.4, 0.5) is 17.6 Å². The van der Waals surface area contributed by atoms with E-state index in [0.717, 1.165) is 17.8 Å². The van der Waals surface area contributed by atoms with E-state index in [9.17, 15) is 18.0 Å². The van der Waals surface area contributed by atoms with Crippen LogP contribution in [-0.4, -0.2) is 64.9 Å². The molecule has 1 aliphatic carbocycles. The SMILES string of the molecule is Cc1cnc(CC(=O)N[C@H]2CC[C@](F)(CCN3CCc4ccc(OCC(F)(F)F)nc4CC3)CC2)o1. The number of fused-ring (bicyclic) bond motifs is 1. The van der Waals surface area contributed by atoms with Gasteiger partial charge in [0.1, 0.15) is 17.8 Å². The second kappa shape index (κ2) is 11.1. The highest BCUT2D eigenvalue weighted by Crippen LogP contribution is 2.35. The lowest BCUT2D eigenvalue weighted by Gasteiger charge is -2.35. The van der Waals surface area contributed by atoms with Gasteiger partial charge in [-0.1, -0.05) is 6.07 Å². The lowest BCUT2D eigenvalue weighted by Crippen LogP contribution is -2.43. The van der Waals surface area contributed by atoms with E-state index in [2.05, 4.69) is 20.2 Å². The summed E-state index contributed by atoms with van der Waals surface area (Å²) in [6, 6.07) is 3.19. The summed E-state index contributed by atoms with van der Waals surface area (Å²) < 4.78 is 62.8. The highest BCUT2D eigenvalue weighted by Gasteiger charge is 2.36. The van der Waals surface area contributed by atoms with Crippen molar-refractivity contribution in [1.82, 2.24) is 20.2 Å². The molecule has 1 aliphatic heterocycles. The van der Waals surface area contributed by atoms with Crippen molar-refractivity contribution >= 4 is 5.91 Å². The number of ether oxygens (including phenoxy) is 1. The molecule has 0 spiro atoms. The van der Waals surface area contributed by atoms with Gasteiger partial charge in [-0.2, -0.15) is 13.2 Å². The predicted octanol–water partition coefficient (Wildman–Crippen LogP) is 4.12. The first kappa shape index (κ1) is 26.4. The van der Waals surface area contributed by atoms with Crippen molar-refractivity contribution in [3.63, 3.8) is 0 Å². The summed E-state index contributed by atoms with van der Waals surface area (Å²) in [5.41, 5.74) is 0.461. The number of carbonyl (C=O) groups excluding carboxylic acids is 1. The Kier molecular flexibility index (Phi) is 8.17. The first-order valence-corrected chi connectivity index (χ1v) is 12.4. The van der Waals surface area contributed by atoms with Crippen molar-refractivity contribution in [2.24, 2.45) is 0 Å². The van der Waals surface area contributed by atoms with E-state index in [-0.39, 0.29) is 24.2 Å². The van der Waals surface area contributed by atoms with Gasteiger partial charge in [0, 0.05) is 43.9 Å². The Morgan fingerprint density at radius 2 is 2.00 bits per heavy atom. The fourth-order valence-corrected chi connectivity index (χ4v) is 4.86. The third kappa shape index (κ3) is 7.65. The summed E-state index contributed by atoms with van der Waals surface area (Å²) in [7, 11) is 0. The van der Waals surface area contributed by atoms with Crippen molar-refractivity contribution in [1.29, 1.82) is 0 Å². The molecule has 198 valence electrons. The van der Waals surface area contributed by atoms with Gasteiger partial charge in [0.05, 0.1) is 6.20 Å². The van der Waals surface area contributed by atoms with Crippen molar-refractivity contribution in [2.75, 3.05) is 26.2 Å². The minimum Gasteiger partial charge on any atom is -0.468 e. The number of hydrogen-bond donors (Lipinski definition) is 1. The van der Waals surface area contributed by atoms with Gasteiger partial charge >= 0.3 is 6.18 Å². The summed E-state index contributed by atoms with van der Waals surface area (Å²) in [6.07, 6.45) is 0.901. The number of rotatable bonds is 8.